The number of carbonyl (C=O) groups is 2. The van der Waals surface area contributed by atoms with Gasteiger partial charge in [-0.2, -0.15) is 0 Å². The van der Waals surface area contributed by atoms with Gasteiger partial charge in [0.2, 0.25) is 5.91 Å². The van der Waals surface area contributed by atoms with E-state index in [2.05, 4.69) is 5.32 Å². The number of ether oxygens (including phenoxy) is 1. The third-order valence-corrected chi connectivity index (χ3v) is 2.89. The van der Waals surface area contributed by atoms with Crippen molar-refractivity contribution in [2.45, 2.75) is 19.4 Å². The summed E-state index contributed by atoms with van der Waals surface area (Å²) in [5.74, 6) is 0.164. The van der Waals surface area contributed by atoms with Crippen molar-refractivity contribution in [3.05, 3.63) is 0 Å². The molecule has 0 spiro atoms. The Kier molecular flexibility index (Phi) is 2.41. The number of carbonyl (C=O) groups excluding carboxylic acids is 2. The summed E-state index contributed by atoms with van der Waals surface area (Å²) < 4.78 is 5.38. The molecule has 2 unspecified atom stereocenters. The summed E-state index contributed by atoms with van der Waals surface area (Å²) in [6.45, 7) is 3.35. The molecule has 0 aliphatic carbocycles. The summed E-state index contributed by atoms with van der Waals surface area (Å²) in [5.41, 5.74) is 0. The lowest BCUT2D eigenvalue weighted by Crippen LogP contribution is -2.37. The molecule has 2 heterocycles. The lowest BCUT2D eigenvalue weighted by Gasteiger charge is -2.19. The molecular weight excluding hydrogens is 184 g/mol. The van der Waals surface area contributed by atoms with Crippen LogP contribution in [0.25, 0.3) is 0 Å². The Hall–Kier alpha value is -1.10. The van der Waals surface area contributed by atoms with E-state index >= 15 is 0 Å². The highest BCUT2D eigenvalue weighted by Crippen LogP contribution is 2.22. The van der Waals surface area contributed by atoms with Crippen molar-refractivity contribution < 1.29 is 14.3 Å². The fraction of sp³-hybridized carbons (Fsp3) is 0.778. The highest BCUT2D eigenvalue weighted by Gasteiger charge is 2.34. The second-order valence-electron chi connectivity index (χ2n) is 3.79. The zero-order chi connectivity index (χ0) is 10.1. The number of amides is 3. The van der Waals surface area contributed by atoms with Crippen molar-refractivity contribution in [2.75, 3.05) is 19.7 Å². The van der Waals surface area contributed by atoms with E-state index in [-0.39, 0.29) is 24.6 Å². The van der Waals surface area contributed by atoms with Crippen molar-refractivity contribution in [1.82, 2.24) is 10.2 Å². The minimum absolute atomic E-state index is 0.130. The third-order valence-electron chi connectivity index (χ3n) is 2.89. The smallest absolute Gasteiger partial charge is 0.324 e. The molecule has 78 valence electrons. The van der Waals surface area contributed by atoms with Gasteiger partial charge in [-0.15, -0.1) is 0 Å². The standard InChI is InChI=1S/C9H14N2O3/c1-6-7(2-3-14-6)5-11-8(12)4-10-9(11)13/h6-7H,2-5H2,1H3,(H,10,13). The largest absolute Gasteiger partial charge is 0.378 e. The van der Waals surface area contributed by atoms with Gasteiger partial charge in [0, 0.05) is 19.1 Å². The maximum absolute atomic E-state index is 11.3. The molecule has 2 aliphatic rings. The maximum atomic E-state index is 11.3. The zero-order valence-corrected chi connectivity index (χ0v) is 8.16. The quantitative estimate of drug-likeness (QED) is 0.633. The first-order valence-corrected chi connectivity index (χ1v) is 4.88. The Morgan fingerprint density at radius 1 is 1.57 bits per heavy atom. The van der Waals surface area contributed by atoms with Crippen LogP contribution in [0.2, 0.25) is 0 Å². The molecule has 0 aromatic heterocycles. The maximum Gasteiger partial charge on any atom is 0.324 e. The topological polar surface area (TPSA) is 58.6 Å². The predicted molar refractivity (Wildman–Crippen MR) is 48.6 cm³/mol. The minimum atomic E-state index is -0.269. The molecule has 0 bridgehead atoms. The molecular formula is C9H14N2O3. The van der Waals surface area contributed by atoms with Gasteiger partial charge in [-0.1, -0.05) is 0 Å². The van der Waals surface area contributed by atoms with Crippen LogP contribution in [0.3, 0.4) is 0 Å². The number of hydrogen-bond acceptors (Lipinski definition) is 3. The van der Waals surface area contributed by atoms with Crippen LogP contribution in [0, 0.1) is 5.92 Å². The molecule has 0 radical (unpaired) electrons. The lowest BCUT2D eigenvalue weighted by molar-refractivity contribution is -0.125. The van der Waals surface area contributed by atoms with E-state index in [0.717, 1.165) is 13.0 Å². The molecule has 2 aliphatic heterocycles. The normalized spacial score (nSPS) is 32.5. The van der Waals surface area contributed by atoms with E-state index in [4.69, 9.17) is 4.74 Å². The second-order valence-corrected chi connectivity index (χ2v) is 3.79. The number of rotatable bonds is 2. The van der Waals surface area contributed by atoms with E-state index in [1.165, 1.54) is 4.90 Å². The van der Waals surface area contributed by atoms with Crippen molar-refractivity contribution in [3.8, 4) is 0 Å². The van der Waals surface area contributed by atoms with Gasteiger partial charge in [0.15, 0.2) is 0 Å². The summed E-state index contributed by atoms with van der Waals surface area (Å²) in [5, 5.41) is 2.50. The summed E-state index contributed by atoms with van der Waals surface area (Å²) >= 11 is 0. The molecule has 3 amide bonds. The van der Waals surface area contributed by atoms with Crippen LogP contribution in [0.4, 0.5) is 4.79 Å². The molecule has 5 nitrogen and oxygen atoms in total. The fourth-order valence-electron chi connectivity index (χ4n) is 1.89. The Morgan fingerprint density at radius 2 is 2.36 bits per heavy atom. The van der Waals surface area contributed by atoms with Crippen molar-refractivity contribution in [2.24, 2.45) is 5.92 Å². The molecule has 5 heteroatoms. The van der Waals surface area contributed by atoms with Crippen LogP contribution in [0.15, 0.2) is 0 Å². The van der Waals surface area contributed by atoms with Gasteiger partial charge >= 0.3 is 6.03 Å². The van der Waals surface area contributed by atoms with Crippen LogP contribution in [0.5, 0.6) is 0 Å². The number of urea groups is 1. The van der Waals surface area contributed by atoms with Gasteiger partial charge in [-0.3, -0.25) is 9.69 Å². The summed E-state index contributed by atoms with van der Waals surface area (Å²) in [6.07, 6.45) is 1.08. The lowest BCUT2D eigenvalue weighted by atomic mass is 10.0. The van der Waals surface area contributed by atoms with E-state index in [0.29, 0.717) is 12.5 Å². The van der Waals surface area contributed by atoms with E-state index in [1.54, 1.807) is 0 Å². The number of imide groups is 1. The second kappa shape index (κ2) is 3.57. The van der Waals surface area contributed by atoms with E-state index in [1.807, 2.05) is 6.92 Å². The Bertz CT molecular complexity index is 251. The van der Waals surface area contributed by atoms with Crippen molar-refractivity contribution in [3.63, 3.8) is 0 Å². The SMILES string of the molecule is CC1OCCC1CN1C(=O)CNC1=O. The highest BCUT2D eigenvalue weighted by atomic mass is 16.5. The Labute approximate surface area is 82.4 Å². The summed E-state index contributed by atoms with van der Waals surface area (Å²) in [7, 11) is 0. The molecule has 1 N–H and O–H groups in total. The van der Waals surface area contributed by atoms with E-state index < -0.39 is 0 Å². The summed E-state index contributed by atoms with van der Waals surface area (Å²) in [6, 6.07) is -0.269. The Balaban J connectivity index is 1.96. The Morgan fingerprint density at radius 3 is 2.86 bits per heavy atom. The summed E-state index contributed by atoms with van der Waals surface area (Å²) in [4.78, 5) is 23.8. The predicted octanol–water partition coefficient (Wildman–Crippen LogP) is -0.0368. The van der Waals surface area contributed by atoms with Crippen LogP contribution in [-0.4, -0.2) is 42.6 Å². The van der Waals surface area contributed by atoms with Gasteiger partial charge < -0.3 is 10.1 Å². The van der Waals surface area contributed by atoms with Gasteiger partial charge in [0.1, 0.15) is 0 Å². The highest BCUT2D eigenvalue weighted by molar-refractivity contribution is 6.01. The average molecular weight is 198 g/mol. The van der Waals surface area contributed by atoms with Crippen LogP contribution in [0.1, 0.15) is 13.3 Å². The van der Waals surface area contributed by atoms with Crippen molar-refractivity contribution in [1.29, 1.82) is 0 Å². The van der Waals surface area contributed by atoms with Gasteiger partial charge in [0.05, 0.1) is 12.6 Å². The monoisotopic (exact) mass is 198 g/mol. The number of nitrogens with zero attached hydrogens (tertiary/aromatic N) is 1. The molecule has 14 heavy (non-hydrogen) atoms. The molecule has 0 saturated carbocycles. The number of nitrogens with one attached hydrogen (secondary N) is 1. The molecule has 0 aromatic carbocycles. The van der Waals surface area contributed by atoms with E-state index in [9.17, 15) is 9.59 Å². The number of hydrogen-bond donors (Lipinski definition) is 1. The van der Waals surface area contributed by atoms with Gasteiger partial charge in [-0.05, 0) is 13.3 Å². The first kappa shape index (κ1) is 9.45. The zero-order valence-electron chi connectivity index (χ0n) is 8.16. The molecule has 2 rings (SSSR count). The molecule has 0 aromatic rings. The molecule has 2 saturated heterocycles. The minimum Gasteiger partial charge on any atom is -0.378 e. The van der Waals surface area contributed by atoms with Crippen LogP contribution in [-0.2, 0) is 9.53 Å². The first-order valence-electron chi connectivity index (χ1n) is 4.88. The van der Waals surface area contributed by atoms with Crippen LogP contribution < -0.4 is 5.32 Å². The average Bonchev–Trinajstić information content (AvgIpc) is 2.67. The molecule has 2 fully saturated rings. The molecule has 2 atom stereocenters. The van der Waals surface area contributed by atoms with Gasteiger partial charge in [-0.25, -0.2) is 4.79 Å². The fourth-order valence-corrected chi connectivity index (χ4v) is 1.89. The van der Waals surface area contributed by atoms with Gasteiger partial charge in [0.25, 0.3) is 0 Å². The third kappa shape index (κ3) is 1.59. The van der Waals surface area contributed by atoms with Crippen LogP contribution >= 0.6 is 0 Å². The first-order chi connectivity index (χ1) is 6.68. The van der Waals surface area contributed by atoms with Crippen molar-refractivity contribution >= 4 is 11.9 Å².